The summed E-state index contributed by atoms with van der Waals surface area (Å²) < 4.78 is 0. The van der Waals surface area contributed by atoms with Crippen LogP contribution in [0.25, 0.3) is 0 Å². The van der Waals surface area contributed by atoms with Crippen molar-refractivity contribution in [3.63, 3.8) is 0 Å². The zero-order valence-electron chi connectivity index (χ0n) is 6.31. The van der Waals surface area contributed by atoms with E-state index in [2.05, 4.69) is 31.4 Å². The Morgan fingerprint density at radius 3 is 1.67 bits per heavy atom. The van der Waals surface area contributed by atoms with E-state index in [1.165, 1.54) is 0 Å². The van der Waals surface area contributed by atoms with Crippen molar-refractivity contribution in [3.8, 4) is 0 Å². The number of hydrogen-bond acceptors (Lipinski definition) is 3. The van der Waals surface area contributed by atoms with Gasteiger partial charge in [-0.2, -0.15) is 0 Å². The van der Waals surface area contributed by atoms with E-state index in [-0.39, 0.29) is 29.6 Å². The van der Waals surface area contributed by atoms with Crippen LogP contribution in [0.1, 0.15) is 13.8 Å². The maximum Gasteiger partial charge on any atom is 1.00 e. The second-order valence-electron chi connectivity index (χ2n) is 1.05. The third-order valence-corrected chi connectivity index (χ3v) is 0.500. The van der Waals surface area contributed by atoms with Crippen molar-refractivity contribution in [3.05, 3.63) is 0 Å². The summed E-state index contributed by atoms with van der Waals surface area (Å²) in [5.74, 6) is 0. The fraction of sp³-hybridized carbons (Fsp3) is 0.800. The van der Waals surface area contributed by atoms with Crippen LogP contribution in [0.5, 0.6) is 0 Å². The van der Waals surface area contributed by atoms with Gasteiger partial charge in [0.1, 0.15) is 0 Å². The van der Waals surface area contributed by atoms with Crippen LogP contribution in [-0.2, 0) is 0 Å². The second kappa shape index (κ2) is 23.2. The maximum atomic E-state index is 8.62. The van der Waals surface area contributed by atoms with Gasteiger partial charge in [0.2, 0.25) is 0 Å². The largest absolute Gasteiger partial charge is 1.00 e. The van der Waals surface area contributed by atoms with Gasteiger partial charge in [0.25, 0.3) is 0 Å². The van der Waals surface area contributed by atoms with Gasteiger partial charge in [-0.1, -0.05) is 19.4 Å². The van der Waals surface area contributed by atoms with Crippen molar-refractivity contribution in [2.45, 2.75) is 13.8 Å². The first-order chi connectivity index (χ1) is 3.83. The zero-order chi connectivity index (χ0) is 6.83. The SMILES string of the molecule is CCNCC.[Na+].[O-]C=S. The molecule has 0 rings (SSSR count). The van der Waals surface area contributed by atoms with Gasteiger partial charge in [-0.15, -0.1) is 12.2 Å². The summed E-state index contributed by atoms with van der Waals surface area (Å²) in [6, 6.07) is 0. The van der Waals surface area contributed by atoms with Gasteiger partial charge >= 0.3 is 29.6 Å². The van der Waals surface area contributed by atoms with Crippen LogP contribution in [0.15, 0.2) is 0 Å². The molecule has 0 amide bonds. The first-order valence-corrected chi connectivity index (χ1v) is 3.06. The monoisotopic (exact) mass is 157 g/mol. The van der Waals surface area contributed by atoms with Gasteiger partial charge in [-0.3, -0.25) is 0 Å². The Hall–Kier alpha value is 0.850. The molecule has 0 aromatic rings. The van der Waals surface area contributed by atoms with Gasteiger partial charge in [0.05, 0.1) is 0 Å². The molecule has 0 saturated heterocycles. The summed E-state index contributed by atoms with van der Waals surface area (Å²) in [6.45, 7) is 6.39. The smallest absolute Gasteiger partial charge is 0.870 e. The summed E-state index contributed by atoms with van der Waals surface area (Å²) >= 11 is 3.71. The second-order valence-corrected chi connectivity index (χ2v) is 1.25. The molecular weight excluding hydrogens is 145 g/mol. The van der Waals surface area contributed by atoms with Gasteiger partial charge in [0.15, 0.2) is 0 Å². The Labute approximate surface area is 84.3 Å². The summed E-state index contributed by atoms with van der Waals surface area (Å²) in [4.78, 5) is 0. The van der Waals surface area contributed by atoms with E-state index in [4.69, 9.17) is 5.11 Å². The van der Waals surface area contributed by atoms with Crippen LogP contribution in [0.4, 0.5) is 0 Å². The third kappa shape index (κ3) is 51.1. The van der Waals surface area contributed by atoms with Gasteiger partial charge in [0, 0.05) is 0 Å². The minimum Gasteiger partial charge on any atom is -0.870 e. The van der Waals surface area contributed by atoms with E-state index in [0.29, 0.717) is 5.55 Å². The molecule has 0 aromatic heterocycles. The van der Waals surface area contributed by atoms with Crippen LogP contribution in [-0.4, -0.2) is 18.6 Å². The summed E-state index contributed by atoms with van der Waals surface area (Å²) in [7, 11) is 0. The number of rotatable bonds is 2. The molecule has 2 nitrogen and oxygen atoms in total. The molecule has 4 heteroatoms. The van der Waals surface area contributed by atoms with E-state index in [1.807, 2.05) is 0 Å². The molecule has 9 heavy (non-hydrogen) atoms. The maximum absolute atomic E-state index is 8.62. The Kier molecular flexibility index (Phi) is 42.4. The van der Waals surface area contributed by atoms with Gasteiger partial charge in [-0.25, -0.2) is 0 Å². The average molecular weight is 157 g/mol. The summed E-state index contributed by atoms with van der Waals surface area (Å²) in [5, 5.41) is 11.7. The Bertz CT molecular complexity index is 43.9. The molecule has 0 unspecified atom stereocenters. The molecule has 0 aromatic carbocycles. The minimum absolute atomic E-state index is 0. The summed E-state index contributed by atoms with van der Waals surface area (Å²) in [5.41, 5.74) is 0.333. The van der Waals surface area contributed by atoms with E-state index in [9.17, 15) is 0 Å². The average Bonchev–Trinajstić information content (AvgIpc) is 1.71. The van der Waals surface area contributed by atoms with E-state index in [1.54, 1.807) is 0 Å². The van der Waals surface area contributed by atoms with Crippen molar-refractivity contribution in [2.24, 2.45) is 0 Å². The van der Waals surface area contributed by atoms with Crippen molar-refractivity contribution in [2.75, 3.05) is 13.1 Å². The first kappa shape index (κ1) is 16.4. The van der Waals surface area contributed by atoms with Gasteiger partial charge < -0.3 is 10.4 Å². The van der Waals surface area contributed by atoms with Crippen LogP contribution in [0, 0.1) is 0 Å². The predicted octanol–water partition coefficient (Wildman–Crippen LogP) is -3.08. The van der Waals surface area contributed by atoms with Crippen molar-refractivity contribution in [1.29, 1.82) is 0 Å². The van der Waals surface area contributed by atoms with Crippen LogP contribution in [0.2, 0.25) is 0 Å². The van der Waals surface area contributed by atoms with E-state index in [0.717, 1.165) is 13.1 Å². The molecule has 1 N–H and O–H groups in total. The van der Waals surface area contributed by atoms with Crippen molar-refractivity contribution in [1.82, 2.24) is 5.32 Å². The summed E-state index contributed by atoms with van der Waals surface area (Å²) in [6.07, 6.45) is 0. The van der Waals surface area contributed by atoms with Crippen LogP contribution >= 0.6 is 12.2 Å². The molecular formula is C5H12NNaOS. The molecule has 0 bridgehead atoms. The first-order valence-electron chi connectivity index (χ1n) is 2.59. The molecule has 0 atom stereocenters. The quantitative estimate of drug-likeness (QED) is 0.341. The number of nitrogens with one attached hydrogen (secondary N) is 1. The van der Waals surface area contributed by atoms with Crippen LogP contribution < -0.4 is 40.0 Å². The predicted molar refractivity (Wildman–Crippen MR) is 37.9 cm³/mol. The standard InChI is InChI=1S/C4H11N.CH2OS.Na/c1-3-5-4-2;2-1-3;/h5H,3-4H2,1-2H3;1H,(H,2,3);/q;;+1/p-1. The molecule has 0 heterocycles. The number of thiocarbonyl (C=S) groups is 1. The molecule has 50 valence electrons. The molecule has 0 aliphatic heterocycles. The topological polar surface area (TPSA) is 35.1 Å². The molecule has 0 aliphatic carbocycles. The van der Waals surface area contributed by atoms with E-state index < -0.39 is 0 Å². The molecule has 0 aliphatic rings. The fourth-order valence-corrected chi connectivity index (χ4v) is 0.250. The van der Waals surface area contributed by atoms with Crippen molar-refractivity contribution >= 4 is 17.8 Å². The molecule has 0 fully saturated rings. The Morgan fingerprint density at radius 2 is 1.67 bits per heavy atom. The fourth-order valence-electron chi connectivity index (χ4n) is 0.250. The van der Waals surface area contributed by atoms with Crippen LogP contribution in [0.3, 0.4) is 0 Å². The van der Waals surface area contributed by atoms with Crippen molar-refractivity contribution < 1.29 is 34.7 Å². The number of hydrogen-bond donors (Lipinski definition) is 1. The zero-order valence-corrected chi connectivity index (χ0v) is 9.12. The Morgan fingerprint density at radius 1 is 1.44 bits per heavy atom. The van der Waals surface area contributed by atoms with Gasteiger partial charge in [-0.05, 0) is 13.1 Å². The molecule has 0 saturated carbocycles. The van der Waals surface area contributed by atoms with E-state index >= 15 is 0 Å². The normalized spacial score (nSPS) is 6.00. The minimum atomic E-state index is 0. The molecule has 0 spiro atoms. The third-order valence-electron chi connectivity index (χ3n) is 0.500. The molecule has 0 radical (unpaired) electrons. The Balaban J connectivity index is -0.0000000800.